The van der Waals surface area contributed by atoms with E-state index in [-0.39, 0.29) is 12.5 Å². The molecule has 2 aromatic rings. The van der Waals surface area contributed by atoms with Crippen LogP contribution in [0.5, 0.6) is 0 Å². The molecular weight excluding hydrogens is 398 g/mol. The van der Waals surface area contributed by atoms with Crippen molar-refractivity contribution in [1.82, 2.24) is 4.90 Å². The van der Waals surface area contributed by atoms with E-state index in [1.807, 2.05) is 73.6 Å². The summed E-state index contributed by atoms with van der Waals surface area (Å²) < 4.78 is 5.41. The predicted octanol–water partition coefficient (Wildman–Crippen LogP) is 3.71. The maximum Gasteiger partial charge on any atom is 0.338 e. The highest BCUT2D eigenvalue weighted by molar-refractivity contribution is 8.15. The minimum absolute atomic E-state index is 0.0608. The molecule has 1 atom stereocenters. The molecule has 1 amide bonds. The summed E-state index contributed by atoms with van der Waals surface area (Å²) in [5.41, 5.74) is 3.66. The van der Waals surface area contributed by atoms with Crippen LogP contribution in [-0.4, -0.2) is 48.4 Å². The molecule has 0 aromatic heterocycles. The van der Waals surface area contributed by atoms with Gasteiger partial charge >= 0.3 is 5.97 Å². The first kappa shape index (κ1) is 20.2. The molecule has 2 heterocycles. The van der Waals surface area contributed by atoms with Crippen LogP contribution in [0.1, 0.15) is 24.1 Å². The Morgan fingerprint density at radius 2 is 1.87 bits per heavy atom. The number of aliphatic imine (C=N–C) groups is 1. The molecule has 0 spiro atoms. The molecule has 2 aromatic carbocycles. The summed E-state index contributed by atoms with van der Waals surface area (Å²) in [6.45, 7) is 2.02. The minimum atomic E-state index is -0.578. The van der Waals surface area contributed by atoms with Crippen LogP contribution in [-0.2, 0) is 14.3 Å². The number of fused-ring (bicyclic) bond motifs is 1. The number of thioether (sulfide) groups is 1. The van der Waals surface area contributed by atoms with Gasteiger partial charge in [-0.3, -0.25) is 9.69 Å². The Morgan fingerprint density at radius 1 is 1.17 bits per heavy atom. The molecule has 30 heavy (non-hydrogen) atoms. The van der Waals surface area contributed by atoms with Gasteiger partial charge in [-0.25, -0.2) is 9.79 Å². The van der Waals surface area contributed by atoms with Gasteiger partial charge in [-0.2, -0.15) is 0 Å². The van der Waals surface area contributed by atoms with Gasteiger partial charge in [0, 0.05) is 25.3 Å². The van der Waals surface area contributed by atoms with Crippen molar-refractivity contribution in [1.29, 1.82) is 0 Å². The Balaban J connectivity index is 1.93. The lowest BCUT2D eigenvalue weighted by Gasteiger charge is -2.33. The van der Waals surface area contributed by atoms with E-state index in [4.69, 9.17) is 9.73 Å². The molecule has 154 valence electrons. The van der Waals surface area contributed by atoms with Gasteiger partial charge < -0.3 is 9.64 Å². The van der Waals surface area contributed by atoms with Gasteiger partial charge in [0.2, 0.25) is 5.91 Å². The van der Waals surface area contributed by atoms with Crippen molar-refractivity contribution in [3.05, 3.63) is 71.3 Å². The van der Waals surface area contributed by atoms with E-state index in [0.717, 1.165) is 16.8 Å². The van der Waals surface area contributed by atoms with Crippen LogP contribution in [0.15, 0.2) is 65.2 Å². The van der Waals surface area contributed by atoms with E-state index in [2.05, 4.69) is 0 Å². The zero-order valence-electron chi connectivity index (χ0n) is 17.2. The molecule has 0 saturated carbocycles. The lowest BCUT2D eigenvalue weighted by molar-refractivity contribution is -0.139. The van der Waals surface area contributed by atoms with Crippen LogP contribution >= 0.6 is 11.8 Å². The fourth-order valence-electron chi connectivity index (χ4n) is 3.63. The minimum Gasteiger partial charge on any atom is -0.463 e. The third kappa shape index (κ3) is 3.61. The van der Waals surface area contributed by atoms with Crippen LogP contribution in [0.3, 0.4) is 0 Å². The zero-order chi connectivity index (χ0) is 21.3. The number of rotatable bonds is 5. The first-order chi connectivity index (χ1) is 14.5. The lowest BCUT2D eigenvalue weighted by Crippen LogP contribution is -2.39. The van der Waals surface area contributed by atoms with Gasteiger partial charge in [0.25, 0.3) is 0 Å². The third-order valence-corrected chi connectivity index (χ3v) is 6.00. The number of nitrogens with zero attached hydrogens (tertiary/aromatic N) is 3. The number of carbonyl (C=O) groups excluding carboxylic acids is 2. The van der Waals surface area contributed by atoms with Crippen molar-refractivity contribution in [2.45, 2.75) is 13.0 Å². The summed E-state index contributed by atoms with van der Waals surface area (Å²) in [5.74, 6) is -0.205. The Bertz CT molecular complexity index is 1030. The first-order valence-corrected chi connectivity index (χ1v) is 10.8. The van der Waals surface area contributed by atoms with Crippen molar-refractivity contribution >= 4 is 40.2 Å². The number of carbonyl (C=O) groups is 2. The van der Waals surface area contributed by atoms with Gasteiger partial charge in [0.05, 0.1) is 29.7 Å². The summed E-state index contributed by atoms with van der Waals surface area (Å²) in [5, 5.41) is 0.619. The van der Waals surface area contributed by atoms with E-state index < -0.39 is 12.0 Å². The fraction of sp³-hybridized carbons (Fsp3) is 0.261. The van der Waals surface area contributed by atoms with E-state index in [1.165, 1.54) is 11.8 Å². The highest BCUT2D eigenvalue weighted by atomic mass is 32.2. The summed E-state index contributed by atoms with van der Waals surface area (Å²) >= 11 is 1.40. The molecule has 1 unspecified atom stereocenters. The van der Waals surface area contributed by atoms with E-state index >= 15 is 0 Å². The van der Waals surface area contributed by atoms with Gasteiger partial charge in [0.1, 0.15) is 0 Å². The van der Waals surface area contributed by atoms with Crippen LogP contribution < -0.4 is 4.90 Å². The molecule has 7 heteroatoms. The molecule has 6 nitrogen and oxygen atoms in total. The van der Waals surface area contributed by atoms with E-state index in [1.54, 1.807) is 11.8 Å². The maximum atomic E-state index is 13.1. The standard InChI is InChI=1S/C23H23N3O3S/c1-4-29-22(28)19-20(15-8-6-5-7-9-15)24-23-26(18(27)14-30-23)21(19)16-10-12-17(13-11-16)25(2)3/h5-13,21H,4,14H2,1-3H3. The Hall–Kier alpha value is -3.06. The number of ether oxygens (including phenoxy) is 1. The number of benzene rings is 2. The molecule has 2 aliphatic heterocycles. The summed E-state index contributed by atoms with van der Waals surface area (Å²) in [6.07, 6.45) is 0. The largest absolute Gasteiger partial charge is 0.463 e. The maximum absolute atomic E-state index is 13.1. The van der Waals surface area contributed by atoms with Gasteiger partial charge in [-0.15, -0.1) is 0 Å². The van der Waals surface area contributed by atoms with E-state index in [0.29, 0.717) is 22.2 Å². The number of hydrogen-bond acceptors (Lipinski definition) is 6. The molecule has 0 radical (unpaired) electrons. The molecule has 0 bridgehead atoms. The molecule has 2 aliphatic rings. The Morgan fingerprint density at radius 3 is 2.50 bits per heavy atom. The molecular formula is C23H23N3O3S. The molecule has 0 aliphatic carbocycles. The SMILES string of the molecule is CCOC(=O)C1=C(c2ccccc2)N=C2SCC(=O)N2C1c1ccc(N(C)C)cc1. The number of amides is 1. The highest BCUT2D eigenvalue weighted by Crippen LogP contribution is 2.44. The van der Waals surface area contributed by atoms with Crippen LogP contribution in [0, 0.1) is 0 Å². The molecule has 1 saturated heterocycles. The molecule has 0 N–H and O–H groups in total. The lowest BCUT2D eigenvalue weighted by atomic mass is 9.92. The fourth-order valence-corrected chi connectivity index (χ4v) is 4.52. The Kier molecular flexibility index (Phi) is 5.63. The zero-order valence-corrected chi connectivity index (χ0v) is 18.0. The topological polar surface area (TPSA) is 62.2 Å². The van der Waals surface area contributed by atoms with Gasteiger partial charge in [-0.05, 0) is 24.6 Å². The average Bonchev–Trinajstić information content (AvgIpc) is 3.14. The number of amidine groups is 1. The second-order valence-corrected chi connectivity index (χ2v) is 8.13. The smallest absolute Gasteiger partial charge is 0.338 e. The summed E-state index contributed by atoms with van der Waals surface area (Å²) in [7, 11) is 3.94. The normalized spacial score (nSPS) is 18.2. The van der Waals surface area contributed by atoms with Crippen molar-refractivity contribution in [3.8, 4) is 0 Å². The van der Waals surface area contributed by atoms with Crippen molar-refractivity contribution in [3.63, 3.8) is 0 Å². The first-order valence-electron chi connectivity index (χ1n) is 9.78. The van der Waals surface area contributed by atoms with Crippen molar-refractivity contribution < 1.29 is 14.3 Å². The van der Waals surface area contributed by atoms with Crippen molar-refractivity contribution in [2.24, 2.45) is 4.99 Å². The molecule has 1 fully saturated rings. The molecule has 4 rings (SSSR count). The average molecular weight is 422 g/mol. The van der Waals surface area contributed by atoms with Crippen molar-refractivity contribution in [2.75, 3.05) is 31.4 Å². The number of hydrogen-bond donors (Lipinski definition) is 0. The number of anilines is 1. The quantitative estimate of drug-likeness (QED) is 0.689. The highest BCUT2D eigenvalue weighted by Gasteiger charge is 2.44. The third-order valence-electron chi connectivity index (χ3n) is 5.06. The second-order valence-electron chi connectivity index (χ2n) is 7.18. The summed E-state index contributed by atoms with van der Waals surface area (Å²) in [4.78, 5) is 34.3. The Labute approximate surface area is 180 Å². The van der Waals surface area contributed by atoms with Crippen LogP contribution in [0.4, 0.5) is 5.69 Å². The van der Waals surface area contributed by atoms with Gasteiger partial charge in [-0.1, -0.05) is 54.2 Å². The number of esters is 1. The van der Waals surface area contributed by atoms with E-state index in [9.17, 15) is 9.59 Å². The van der Waals surface area contributed by atoms with Gasteiger partial charge in [0.15, 0.2) is 5.17 Å². The predicted molar refractivity (Wildman–Crippen MR) is 120 cm³/mol. The summed E-state index contributed by atoms with van der Waals surface area (Å²) in [6, 6.07) is 16.9. The van der Waals surface area contributed by atoms with Crippen LogP contribution in [0.2, 0.25) is 0 Å². The second kappa shape index (κ2) is 8.36. The monoisotopic (exact) mass is 421 g/mol. The van der Waals surface area contributed by atoms with Crippen LogP contribution in [0.25, 0.3) is 5.70 Å².